The molecular weight excluding hydrogens is 496 g/mol. The van der Waals surface area contributed by atoms with Crippen molar-refractivity contribution in [3.63, 3.8) is 0 Å². The van der Waals surface area contributed by atoms with Gasteiger partial charge in [0, 0.05) is 18.0 Å². The highest BCUT2D eigenvalue weighted by molar-refractivity contribution is 5.89. The summed E-state index contributed by atoms with van der Waals surface area (Å²) < 4.78 is 5.48. The summed E-state index contributed by atoms with van der Waals surface area (Å²) >= 11 is 0. The number of nitrogens with zero attached hydrogens (tertiary/aromatic N) is 1. The minimum atomic E-state index is -1.05. The van der Waals surface area contributed by atoms with Crippen molar-refractivity contribution in [1.82, 2.24) is 10.2 Å². The largest absolute Gasteiger partial charge is 0.478 e. The molecule has 8 heteroatoms. The molecule has 0 spiro atoms. The molecule has 0 aliphatic heterocycles. The Bertz CT molecular complexity index is 977. The first-order chi connectivity index (χ1) is 17.9. The second-order valence-electron chi connectivity index (χ2n) is 11.7. The quantitative estimate of drug-likeness (QED) is 0.285. The van der Waals surface area contributed by atoms with E-state index in [1.165, 1.54) is 24.3 Å². The lowest BCUT2D eigenvalue weighted by Crippen LogP contribution is -2.48. The number of aliphatic carboxylic acids is 1. The van der Waals surface area contributed by atoms with E-state index in [-0.39, 0.29) is 30.4 Å². The van der Waals surface area contributed by atoms with Crippen molar-refractivity contribution in [1.29, 1.82) is 0 Å². The molecule has 2 N–H and O–H groups in total. The maximum atomic E-state index is 13.4. The van der Waals surface area contributed by atoms with Crippen LogP contribution in [0.1, 0.15) is 87.6 Å². The molecule has 1 aromatic carbocycles. The summed E-state index contributed by atoms with van der Waals surface area (Å²) in [4.78, 5) is 51.7. The van der Waals surface area contributed by atoms with Gasteiger partial charge in [0.1, 0.15) is 5.60 Å². The zero-order chi connectivity index (χ0) is 30.6. The Labute approximate surface area is 235 Å². The molecule has 0 unspecified atom stereocenters. The SMILES string of the molecule is C/C(=C\[C@H](C(C)C)N(C)C(=O)CNC(=O)[C@@H](CC(=O)OC(C)(C)C)C(C)(C)c1ccccc1)C(=O)O.CCC. The van der Waals surface area contributed by atoms with Gasteiger partial charge in [-0.2, -0.15) is 0 Å². The van der Waals surface area contributed by atoms with Gasteiger partial charge in [0.15, 0.2) is 0 Å². The van der Waals surface area contributed by atoms with E-state index in [1.54, 1.807) is 27.8 Å². The molecule has 0 aliphatic rings. The Morgan fingerprint density at radius 3 is 1.97 bits per heavy atom. The lowest BCUT2D eigenvalue weighted by atomic mass is 9.71. The normalized spacial score (nSPS) is 13.5. The highest BCUT2D eigenvalue weighted by Gasteiger charge is 2.39. The molecule has 220 valence electrons. The topological polar surface area (TPSA) is 113 Å². The van der Waals surface area contributed by atoms with E-state index >= 15 is 0 Å². The van der Waals surface area contributed by atoms with E-state index in [4.69, 9.17) is 4.74 Å². The van der Waals surface area contributed by atoms with Crippen LogP contribution in [0.2, 0.25) is 0 Å². The van der Waals surface area contributed by atoms with Crippen LogP contribution >= 0.6 is 0 Å². The third-order valence-electron chi connectivity index (χ3n) is 6.19. The lowest BCUT2D eigenvalue weighted by Gasteiger charge is -2.34. The Morgan fingerprint density at radius 2 is 1.54 bits per heavy atom. The van der Waals surface area contributed by atoms with E-state index in [0.29, 0.717) is 0 Å². The smallest absolute Gasteiger partial charge is 0.331 e. The number of carbonyl (C=O) groups is 4. The Kier molecular flexibility index (Phi) is 14.8. The molecule has 0 aromatic heterocycles. The van der Waals surface area contributed by atoms with Gasteiger partial charge in [0.2, 0.25) is 11.8 Å². The summed E-state index contributed by atoms with van der Waals surface area (Å²) in [6.07, 6.45) is 2.64. The molecule has 1 aromatic rings. The number of hydrogen-bond acceptors (Lipinski definition) is 5. The van der Waals surface area contributed by atoms with Crippen LogP contribution in [0, 0.1) is 11.8 Å². The molecule has 0 fully saturated rings. The number of likely N-dealkylation sites (N-methyl/N-ethyl adjacent to an activating group) is 1. The fraction of sp³-hybridized carbons (Fsp3) is 0.613. The minimum Gasteiger partial charge on any atom is -0.478 e. The molecule has 0 heterocycles. The number of ether oxygens (including phenoxy) is 1. The summed E-state index contributed by atoms with van der Waals surface area (Å²) in [6.45, 7) is 18.3. The molecule has 0 bridgehead atoms. The van der Waals surface area contributed by atoms with E-state index in [0.717, 1.165) is 5.56 Å². The minimum absolute atomic E-state index is 0.0408. The monoisotopic (exact) mass is 546 g/mol. The number of amides is 2. The van der Waals surface area contributed by atoms with Crippen LogP contribution < -0.4 is 5.32 Å². The molecule has 0 saturated carbocycles. The van der Waals surface area contributed by atoms with Gasteiger partial charge in [-0.1, -0.05) is 84.4 Å². The molecule has 0 radical (unpaired) electrons. The van der Waals surface area contributed by atoms with Crippen molar-refractivity contribution < 1.29 is 29.0 Å². The molecule has 0 saturated heterocycles. The van der Waals surface area contributed by atoms with Crippen LogP contribution in [0.25, 0.3) is 0 Å². The number of esters is 1. The number of rotatable bonds is 11. The van der Waals surface area contributed by atoms with Crippen molar-refractivity contribution in [2.24, 2.45) is 11.8 Å². The van der Waals surface area contributed by atoms with Crippen LogP contribution in [-0.2, 0) is 29.3 Å². The molecule has 2 amide bonds. The second kappa shape index (κ2) is 16.1. The molecule has 1 rings (SSSR count). The summed E-state index contributed by atoms with van der Waals surface area (Å²) in [5.74, 6) is -3.18. The van der Waals surface area contributed by atoms with Crippen molar-refractivity contribution in [2.45, 2.75) is 99.1 Å². The number of carboxylic acid groups (broad SMARTS) is 1. The summed E-state index contributed by atoms with van der Waals surface area (Å²) in [5, 5.41) is 11.9. The van der Waals surface area contributed by atoms with E-state index < -0.39 is 40.8 Å². The van der Waals surface area contributed by atoms with Gasteiger partial charge in [0.25, 0.3) is 0 Å². The lowest BCUT2D eigenvalue weighted by molar-refractivity contribution is -0.158. The summed E-state index contributed by atoms with van der Waals surface area (Å²) in [6, 6.07) is 8.97. The van der Waals surface area contributed by atoms with Crippen LogP contribution in [0.4, 0.5) is 0 Å². The summed E-state index contributed by atoms with van der Waals surface area (Å²) in [7, 11) is 1.58. The van der Waals surface area contributed by atoms with Crippen LogP contribution in [0.3, 0.4) is 0 Å². The average Bonchev–Trinajstić information content (AvgIpc) is 2.83. The highest BCUT2D eigenvalue weighted by atomic mass is 16.6. The molecule has 39 heavy (non-hydrogen) atoms. The van der Waals surface area contributed by atoms with Gasteiger partial charge >= 0.3 is 11.9 Å². The van der Waals surface area contributed by atoms with E-state index in [2.05, 4.69) is 19.2 Å². The van der Waals surface area contributed by atoms with E-state index in [9.17, 15) is 24.3 Å². The molecule has 2 atom stereocenters. The van der Waals surface area contributed by atoms with Gasteiger partial charge in [-0.3, -0.25) is 14.4 Å². The second-order valence-corrected chi connectivity index (χ2v) is 11.7. The Hall–Kier alpha value is -3.16. The zero-order valence-corrected chi connectivity index (χ0v) is 25.8. The maximum absolute atomic E-state index is 13.4. The number of benzene rings is 1. The summed E-state index contributed by atoms with van der Waals surface area (Å²) in [5.41, 5.74) is -0.397. The zero-order valence-electron chi connectivity index (χ0n) is 25.8. The first kappa shape index (κ1) is 35.8. The van der Waals surface area contributed by atoms with Gasteiger partial charge in [0.05, 0.1) is 24.9 Å². The predicted octanol–water partition coefficient (Wildman–Crippen LogP) is 5.36. The first-order valence-electron chi connectivity index (χ1n) is 13.6. The van der Waals surface area contributed by atoms with Gasteiger partial charge in [-0.15, -0.1) is 0 Å². The first-order valence-corrected chi connectivity index (χ1v) is 13.6. The van der Waals surface area contributed by atoms with Gasteiger partial charge in [-0.05, 0) is 39.2 Å². The van der Waals surface area contributed by atoms with Crippen molar-refractivity contribution in [3.8, 4) is 0 Å². The molecule has 8 nitrogen and oxygen atoms in total. The average molecular weight is 547 g/mol. The molecular formula is C31H50N2O6. The number of hydrogen-bond donors (Lipinski definition) is 2. The van der Waals surface area contributed by atoms with Gasteiger partial charge in [-0.25, -0.2) is 4.79 Å². The number of carbonyl (C=O) groups excluding carboxylic acids is 3. The molecule has 0 aliphatic carbocycles. The predicted molar refractivity (Wildman–Crippen MR) is 155 cm³/mol. The van der Waals surface area contributed by atoms with Crippen LogP contribution in [0.5, 0.6) is 0 Å². The van der Waals surface area contributed by atoms with Gasteiger partial charge < -0.3 is 20.1 Å². The van der Waals surface area contributed by atoms with Crippen molar-refractivity contribution in [2.75, 3.05) is 13.6 Å². The van der Waals surface area contributed by atoms with Crippen LogP contribution in [0.15, 0.2) is 42.0 Å². The highest BCUT2D eigenvalue weighted by Crippen LogP contribution is 2.34. The van der Waals surface area contributed by atoms with Crippen molar-refractivity contribution >= 4 is 23.8 Å². The maximum Gasteiger partial charge on any atom is 0.331 e. The van der Waals surface area contributed by atoms with Crippen LogP contribution in [-0.4, -0.2) is 59.0 Å². The standard InChI is InChI=1S/C28H42N2O6.C3H8/c1-18(2)22(15-19(3)26(34)35)30(9)23(31)17-29-25(33)21(16-24(32)36-27(4,5)6)28(7,8)20-13-11-10-12-14-20;1-3-2/h10-15,18,21-22H,16-17H2,1-9H3,(H,29,33)(H,34,35);3H2,1-2H3/b19-15+;/t21-,22-;/m1./s1. The Balaban J connectivity index is 0.00000458. The number of carboxylic acids is 1. The third kappa shape index (κ3) is 12.5. The third-order valence-corrected chi connectivity index (χ3v) is 6.19. The van der Waals surface area contributed by atoms with E-state index in [1.807, 2.05) is 58.0 Å². The van der Waals surface area contributed by atoms with Crippen molar-refractivity contribution in [3.05, 3.63) is 47.5 Å². The fourth-order valence-electron chi connectivity index (χ4n) is 3.95. The fourth-order valence-corrected chi connectivity index (χ4v) is 3.95. The number of nitrogens with one attached hydrogen (secondary N) is 1. The Morgan fingerprint density at radius 1 is 1.03 bits per heavy atom.